The molecule has 0 amide bonds. The molecule has 0 aromatic rings. The summed E-state index contributed by atoms with van der Waals surface area (Å²) in [6, 6.07) is 0. The van der Waals surface area contributed by atoms with Crippen LogP contribution in [-0.2, 0) is 4.74 Å². The van der Waals surface area contributed by atoms with Crippen molar-refractivity contribution in [3.8, 4) is 0 Å². The SMILES string of the molecule is C=C(C)[C@@H]1CCC[C@H]1COC. The maximum atomic E-state index is 5.17. The minimum atomic E-state index is 0.731. The van der Waals surface area contributed by atoms with Crippen LogP contribution in [-0.4, -0.2) is 13.7 Å². The van der Waals surface area contributed by atoms with Gasteiger partial charge < -0.3 is 4.74 Å². The Bertz CT molecular complexity index is 140. The minimum absolute atomic E-state index is 0.731. The summed E-state index contributed by atoms with van der Waals surface area (Å²) >= 11 is 0. The smallest absolute Gasteiger partial charge is 0.0496 e. The zero-order chi connectivity index (χ0) is 8.27. The first-order chi connectivity index (χ1) is 5.25. The molecule has 1 rings (SSSR count). The van der Waals surface area contributed by atoms with Crippen LogP contribution >= 0.6 is 0 Å². The predicted octanol–water partition coefficient (Wildman–Crippen LogP) is 2.63. The zero-order valence-electron chi connectivity index (χ0n) is 7.60. The fourth-order valence-electron chi connectivity index (χ4n) is 2.10. The molecule has 2 atom stereocenters. The van der Waals surface area contributed by atoms with Crippen LogP contribution in [0.4, 0.5) is 0 Å². The number of hydrogen-bond acceptors (Lipinski definition) is 1. The van der Waals surface area contributed by atoms with Gasteiger partial charge in [0.1, 0.15) is 0 Å². The van der Waals surface area contributed by atoms with Gasteiger partial charge in [0.15, 0.2) is 0 Å². The minimum Gasteiger partial charge on any atom is -0.384 e. The molecule has 1 aliphatic carbocycles. The highest BCUT2D eigenvalue weighted by molar-refractivity contribution is 5.01. The molecule has 0 spiro atoms. The van der Waals surface area contributed by atoms with Crippen LogP contribution < -0.4 is 0 Å². The largest absolute Gasteiger partial charge is 0.384 e. The summed E-state index contributed by atoms with van der Waals surface area (Å²) in [7, 11) is 1.79. The van der Waals surface area contributed by atoms with Crippen LogP contribution in [0.25, 0.3) is 0 Å². The van der Waals surface area contributed by atoms with E-state index in [0.717, 1.165) is 18.4 Å². The van der Waals surface area contributed by atoms with Crippen LogP contribution in [0, 0.1) is 11.8 Å². The average molecular weight is 154 g/mol. The summed E-state index contributed by atoms with van der Waals surface area (Å²) in [5, 5.41) is 0. The van der Waals surface area contributed by atoms with E-state index in [1.807, 2.05) is 0 Å². The number of hydrogen-bond donors (Lipinski definition) is 0. The Balaban J connectivity index is 2.44. The zero-order valence-corrected chi connectivity index (χ0v) is 7.60. The van der Waals surface area contributed by atoms with Crippen molar-refractivity contribution in [2.45, 2.75) is 26.2 Å². The van der Waals surface area contributed by atoms with E-state index >= 15 is 0 Å². The molecule has 0 saturated heterocycles. The van der Waals surface area contributed by atoms with Gasteiger partial charge >= 0.3 is 0 Å². The van der Waals surface area contributed by atoms with Crippen molar-refractivity contribution in [1.29, 1.82) is 0 Å². The molecule has 1 saturated carbocycles. The van der Waals surface area contributed by atoms with Gasteiger partial charge in [-0.3, -0.25) is 0 Å². The fourth-order valence-corrected chi connectivity index (χ4v) is 2.10. The van der Waals surface area contributed by atoms with Gasteiger partial charge in [-0.05, 0) is 31.6 Å². The van der Waals surface area contributed by atoms with Gasteiger partial charge in [0.25, 0.3) is 0 Å². The first-order valence-electron chi connectivity index (χ1n) is 4.40. The average Bonchev–Trinajstić information content (AvgIpc) is 2.36. The van der Waals surface area contributed by atoms with E-state index in [1.165, 1.54) is 24.8 Å². The van der Waals surface area contributed by atoms with Crippen LogP contribution in [0.1, 0.15) is 26.2 Å². The summed E-state index contributed by atoms with van der Waals surface area (Å²) < 4.78 is 5.17. The van der Waals surface area contributed by atoms with Crippen molar-refractivity contribution in [2.24, 2.45) is 11.8 Å². The Morgan fingerprint density at radius 1 is 1.55 bits per heavy atom. The lowest BCUT2D eigenvalue weighted by atomic mass is 9.91. The van der Waals surface area contributed by atoms with Crippen molar-refractivity contribution < 1.29 is 4.74 Å². The molecule has 1 aliphatic rings. The van der Waals surface area contributed by atoms with Crippen LogP contribution in [0.5, 0.6) is 0 Å². The lowest BCUT2D eigenvalue weighted by Gasteiger charge is -2.18. The molecule has 0 aromatic carbocycles. The Morgan fingerprint density at radius 3 is 2.82 bits per heavy atom. The summed E-state index contributed by atoms with van der Waals surface area (Å²) in [5.41, 5.74) is 1.34. The Morgan fingerprint density at radius 2 is 2.27 bits per heavy atom. The van der Waals surface area contributed by atoms with E-state index in [4.69, 9.17) is 4.74 Å². The molecular weight excluding hydrogens is 136 g/mol. The third-order valence-electron chi connectivity index (χ3n) is 2.67. The molecule has 0 unspecified atom stereocenters. The fraction of sp³-hybridized carbons (Fsp3) is 0.800. The van der Waals surface area contributed by atoms with E-state index < -0.39 is 0 Å². The first kappa shape index (κ1) is 8.79. The summed E-state index contributed by atoms with van der Waals surface area (Å²) in [6.07, 6.45) is 4.00. The topological polar surface area (TPSA) is 9.23 Å². The highest BCUT2D eigenvalue weighted by atomic mass is 16.5. The predicted molar refractivity (Wildman–Crippen MR) is 47.5 cm³/mol. The molecule has 64 valence electrons. The van der Waals surface area contributed by atoms with Crippen molar-refractivity contribution in [3.63, 3.8) is 0 Å². The maximum absolute atomic E-state index is 5.17. The van der Waals surface area contributed by atoms with E-state index in [2.05, 4.69) is 13.5 Å². The number of methoxy groups -OCH3 is 1. The Kier molecular flexibility index (Phi) is 3.13. The molecule has 0 aliphatic heterocycles. The van der Waals surface area contributed by atoms with Crippen LogP contribution in [0.2, 0.25) is 0 Å². The van der Waals surface area contributed by atoms with Crippen molar-refractivity contribution in [2.75, 3.05) is 13.7 Å². The first-order valence-corrected chi connectivity index (χ1v) is 4.40. The molecule has 11 heavy (non-hydrogen) atoms. The molecule has 0 aromatic heterocycles. The van der Waals surface area contributed by atoms with Gasteiger partial charge in [-0.1, -0.05) is 18.6 Å². The molecule has 1 fully saturated rings. The quantitative estimate of drug-likeness (QED) is 0.568. The molecule has 0 heterocycles. The van der Waals surface area contributed by atoms with E-state index in [0.29, 0.717) is 0 Å². The Hall–Kier alpha value is -0.300. The summed E-state index contributed by atoms with van der Waals surface area (Å²) in [6.45, 7) is 7.07. The molecule has 0 N–H and O–H groups in total. The molecule has 1 heteroatoms. The number of rotatable bonds is 3. The summed E-state index contributed by atoms with van der Waals surface area (Å²) in [4.78, 5) is 0. The van der Waals surface area contributed by atoms with E-state index in [9.17, 15) is 0 Å². The van der Waals surface area contributed by atoms with Gasteiger partial charge in [0.05, 0.1) is 0 Å². The van der Waals surface area contributed by atoms with E-state index in [-0.39, 0.29) is 0 Å². The molecule has 0 radical (unpaired) electrons. The standard InChI is InChI=1S/C10H18O/c1-8(2)10-6-4-5-9(10)7-11-3/h9-10H,1,4-7H2,2-3H3/t9-,10-/m0/s1. The number of allylic oxidation sites excluding steroid dienone is 1. The molecule has 0 bridgehead atoms. The molecular formula is C10H18O. The van der Waals surface area contributed by atoms with Crippen molar-refractivity contribution in [3.05, 3.63) is 12.2 Å². The van der Waals surface area contributed by atoms with Gasteiger partial charge in [0, 0.05) is 13.7 Å². The van der Waals surface area contributed by atoms with Gasteiger partial charge in [-0.15, -0.1) is 0 Å². The van der Waals surface area contributed by atoms with Gasteiger partial charge in [-0.2, -0.15) is 0 Å². The monoisotopic (exact) mass is 154 g/mol. The lowest BCUT2D eigenvalue weighted by molar-refractivity contribution is 0.140. The van der Waals surface area contributed by atoms with Crippen molar-refractivity contribution in [1.82, 2.24) is 0 Å². The second-order valence-electron chi connectivity index (χ2n) is 3.60. The second-order valence-corrected chi connectivity index (χ2v) is 3.60. The molecule has 1 nitrogen and oxygen atoms in total. The van der Waals surface area contributed by atoms with Gasteiger partial charge in [0.2, 0.25) is 0 Å². The van der Waals surface area contributed by atoms with Crippen LogP contribution in [0.3, 0.4) is 0 Å². The number of ether oxygens (including phenoxy) is 1. The van der Waals surface area contributed by atoms with Gasteiger partial charge in [-0.25, -0.2) is 0 Å². The highest BCUT2D eigenvalue weighted by Gasteiger charge is 2.27. The van der Waals surface area contributed by atoms with Crippen LogP contribution in [0.15, 0.2) is 12.2 Å². The Labute approximate surface area is 69.4 Å². The summed E-state index contributed by atoms with van der Waals surface area (Å²) in [5.74, 6) is 1.48. The normalized spacial score (nSPS) is 30.7. The van der Waals surface area contributed by atoms with E-state index in [1.54, 1.807) is 7.11 Å². The lowest BCUT2D eigenvalue weighted by Crippen LogP contribution is -2.14. The maximum Gasteiger partial charge on any atom is 0.0496 e. The highest BCUT2D eigenvalue weighted by Crippen LogP contribution is 2.35. The third kappa shape index (κ3) is 2.06. The van der Waals surface area contributed by atoms with Crippen molar-refractivity contribution >= 4 is 0 Å². The second kappa shape index (κ2) is 3.91. The third-order valence-corrected chi connectivity index (χ3v) is 2.67.